The monoisotopic (exact) mass is 325 g/mol. The van der Waals surface area contributed by atoms with Crippen LogP contribution >= 0.6 is 11.3 Å². The summed E-state index contributed by atoms with van der Waals surface area (Å²) in [5.74, 6) is -0.325. The Labute approximate surface area is 127 Å². The van der Waals surface area contributed by atoms with Crippen LogP contribution in [0.5, 0.6) is 0 Å². The van der Waals surface area contributed by atoms with E-state index >= 15 is 0 Å². The third-order valence-corrected chi connectivity index (χ3v) is 4.59. The van der Waals surface area contributed by atoms with Gasteiger partial charge in [0.2, 0.25) is 10.0 Å². The molecule has 0 aliphatic carbocycles. The molecular formula is C13H15N3O3S2. The van der Waals surface area contributed by atoms with E-state index in [2.05, 4.69) is 10.3 Å². The zero-order valence-corrected chi connectivity index (χ0v) is 13.4. The number of primary sulfonamides is 1. The van der Waals surface area contributed by atoms with E-state index in [0.29, 0.717) is 22.5 Å². The summed E-state index contributed by atoms with van der Waals surface area (Å²) in [5, 5.41) is 10.4. The second-order valence-electron chi connectivity index (χ2n) is 4.68. The number of hydrogen-bond donors (Lipinski definition) is 2. The second kappa shape index (κ2) is 5.55. The summed E-state index contributed by atoms with van der Waals surface area (Å²) in [5.41, 5.74) is 2.16. The maximum Gasteiger partial charge on any atom is 0.275 e. The number of benzene rings is 1. The van der Waals surface area contributed by atoms with Gasteiger partial charge in [0.1, 0.15) is 5.69 Å². The van der Waals surface area contributed by atoms with Gasteiger partial charge in [-0.3, -0.25) is 4.79 Å². The van der Waals surface area contributed by atoms with Crippen molar-refractivity contribution in [1.82, 2.24) is 4.98 Å². The number of nitrogens with one attached hydrogen (secondary N) is 1. The molecule has 1 heterocycles. The molecule has 1 aromatic carbocycles. The van der Waals surface area contributed by atoms with Crippen molar-refractivity contribution in [3.8, 4) is 0 Å². The Morgan fingerprint density at radius 3 is 2.24 bits per heavy atom. The molecule has 8 heteroatoms. The van der Waals surface area contributed by atoms with Crippen molar-refractivity contribution in [2.45, 2.75) is 25.7 Å². The molecule has 0 fully saturated rings. The number of sulfonamides is 1. The molecule has 112 valence electrons. The maximum atomic E-state index is 12.1. The van der Waals surface area contributed by atoms with Crippen LogP contribution < -0.4 is 10.5 Å². The van der Waals surface area contributed by atoms with Gasteiger partial charge in [0, 0.05) is 11.1 Å². The molecule has 2 aromatic rings. The van der Waals surface area contributed by atoms with Crippen molar-refractivity contribution >= 4 is 33.0 Å². The van der Waals surface area contributed by atoms with Gasteiger partial charge in [-0.25, -0.2) is 18.5 Å². The normalized spacial score (nSPS) is 11.4. The highest BCUT2D eigenvalue weighted by molar-refractivity contribution is 7.89. The molecule has 0 saturated carbocycles. The molecule has 2 rings (SSSR count). The minimum Gasteiger partial charge on any atom is -0.320 e. The lowest BCUT2D eigenvalue weighted by Gasteiger charge is -2.12. The molecule has 0 atom stereocenters. The largest absolute Gasteiger partial charge is 0.320 e. The summed E-state index contributed by atoms with van der Waals surface area (Å²) in [6.45, 7) is 5.24. The minimum absolute atomic E-state index is 0.0278. The zero-order valence-electron chi connectivity index (χ0n) is 11.8. The van der Waals surface area contributed by atoms with Crippen LogP contribution in [0.1, 0.15) is 26.6 Å². The van der Waals surface area contributed by atoms with Crippen LogP contribution in [0.2, 0.25) is 0 Å². The topological polar surface area (TPSA) is 102 Å². The van der Waals surface area contributed by atoms with Crippen LogP contribution in [-0.2, 0) is 10.0 Å². The first kappa shape index (κ1) is 15.6. The van der Waals surface area contributed by atoms with Gasteiger partial charge < -0.3 is 5.32 Å². The predicted octanol–water partition coefficient (Wildman–Crippen LogP) is 1.97. The first-order valence-electron chi connectivity index (χ1n) is 6.06. The zero-order chi connectivity index (χ0) is 15.8. The van der Waals surface area contributed by atoms with Crippen LogP contribution in [0.25, 0.3) is 0 Å². The molecule has 0 bridgehead atoms. The van der Waals surface area contributed by atoms with Crippen LogP contribution in [0, 0.1) is 20.8 Å². The SMILES string of the molecule is Cc1nc(C(=O)Nc2c(C)cc(S(N)(=O)=O)cc2C)cs1. The maximum absolute atomic E-state index is 12.1. The Hall–Kier alpha value is -1.77. The van der Waals surface area contributed by atoms with Crippen LogP contribution in [0.3, 0.4) is 0 Å². The summed E-state index contributed by atoms with van der Waals surface area (Å²) in [6, 6.07) is 2.87. The van der Waals surface area contributed by atoms with E-state index in [0.717, 1.165) is 5.01 Å². The van der Waals surface area contributed by atoms with Gasteiger partial charge >= 0.3 is 0 Å². The van der Waals surface area contributed by atoms with Crippen molar-refractivity contribution in [2.75, 3.05) is 5.32 Å². The van der Waals surface area contributed by atoms with Crippen molar-refractivity contribution < 1.29 is 13.2 Å². The molecular weight excluding hydrogens is 310 g/mol. The first-order chi connectivity index (χ1) is 9.68. The number of nitrogens with two attached hydrogens (primary N) is 1. The molecule has 1 amide bonds. The molecule has 1 aromatic heterocycles. The first-order valence-corrected chi connectivity index (χ1v) is 8.48. The third-order valence-electron chi connectivity index (χ3n) is 2.92. The summed E-state index contributed by atoms with van der Waals surface area (Å²) < 4.78 is 22.8. The highest BCUT2D eigenvalue weighted by Gasteiger charge is 2.16. The molecule has 0 saturated heterocycles. The molecule has 0 aliphatic rings. The van der Waals surface area contributed by atoms with Crippen molar-refractivity contribution in [2.24, 2.45) is 5.14 Å². The Bertz CT molecular complexity index is 787. The minimum atomic E-state index is -3.77. The van der Waals surface area contributed by atoms with Gasteiger partial charge in [-0.1, -0.05) is 0 Å². The van der Waals surface area contributed by atoms with Crippen molar-refractivity contribution in [1.29, 1.82) is 0 Å². The Balaban J connectivity index is 2.35. The number of amides is 1. The van der Waals surface area contributed by atoms with Crippen molar-refractivity contribution in [3.05, 3.63) is 39.3 Å². The highest BCUT2D eigenvalue weighted by atomic mass is 32.2. The number of aromatic nitrogens is 1. The van der Waals surface area contributed by atoms with Gasteiger partial charge in [0.05, 0.1) is 9.90 Å². The lowest BCUT2D eigenvalue weighted by Crippen LogP contribution is -2.16. The average Bonchev–Trinajstić information content (AvgIpc) is 2.79. The van der Waals surface area contributed by atoms with E-state index in [9.17, 15) is 13.2 Å². The lowest BCUT2D eigenvalue weighted by atomic mass is 10.1. The van der Waals surface area contributed by atoms with Gasteiger partial charge in [-0.05, 0) is 44.0 Å². The predicted molar refractivity (Wildman–Crippen MR) is 82.1 cm³/mol. The number of anilines is 1. The smallest absolute Gasteiger partial charge is 0.275 e. The fourth-order valence-electron chi connectivity index (χ4n) is 1.93. The third kappa shape index (κ3) is 3.46. The summed E-state index contributed by atoms with van der Waals surface area (Å²) in [4.78, 5) is 16.2. The highest BCUT2D eigenvalue weighted by Crippen LogP contribution is 2.24. The van der Waals surface area contributed by atoms with Gasteiger partial charge in [0.25, 0.3) is 5.91 Å². The Morgan fingerprint density at radius 2 is 1.81 bits per heavy atom. The van der Waals surface area contributed by atoms with Crippen LogP contribution in [0.4, 0.5) is 5.69 Å². The fourth-order valence-corrected chi connectivity index (χ4v) is 3.21. The van der Waals surface area contributed by atoms with Crippen molar-refractivity contribution in [3.63, 3.8) is 0 Å². The van der Waals surface area contributed by atoms with Crippen LogP contribution in [-0.4, -0.2) is 19.3 Å². The molecule has 0 aliphatic heterocycles. The standard InChI is InChI=1S/C13H15N3O3S2/c1-7-4-10(21(14,18)19)5-8(2)12(7)16-13(17)11-6-20-9(3)15-11/h4-6H,1-3H3,(H,16,17)(H2,14,18,19). The van der Waals surface area contributed by atoms with Gasteiger partial charge in [-0.15, -0.1) is 11.3 Å². The number of carbonyl (C=O) groups is 1. The van der Waals surface area contributed by atoms with E-state index in [1.165, 1.54) is 23.5 Å². The quantitative estimate of drug-likeness (QED) is 0.900. The molecule has 6 nitrogen and oxygen atoms in total. The Kier molecular flexibility index (Phi) is 4.13. The molecule has 0 spiro atoms. The molecule has 3 N–H and O–H groups in total. The summed E-state index contributed by atoms with van der Waals surface area (Å²) >= 11 is 1.39. The van der Waals surface area contributed by atoms with Crippen LogP contribution in [0.15, 0.2) is 22.4 Å². The summed E-state index contributed by atoms with van der Waals surface area (Å²) in [6.07, 6.45) is 0. The van der Waals surface area contributed by atoms with Gasteiger partial charge in [0.15, 0.2) is 0 Å². The molecule has 0 unspecified atom stereocenters. The number of rotatable bonds is 3. The number of nitrogens with zero attached hydrogens (tertiary/aromatic N) is 1. The van der Waals surface area contributed by atoms with E-state index in [1.807, 2.05) is 6.92 Å². The lowest BCUT2D eigenvalue weighted by molar-refractivity contribution is 0.102. The second-order valence-corrected chi connectivity index (χ2v) is 7.31. The fraction of sp³-hybridized carbons (Fsp3) is 0.231. The number of thiazole rings is 1. The average molecular weight is 325 g/mol. The molecule has 21 heavy (non-hydrogen) atoms. The van der Waals surface area contributed by atoms with E-state index < -0.39 is 10.0 Å². The number of aryl methyl sites for hydroxylation is 3. The molecule has 0 radical (unpaired) electrons. The number of hydrogen-bond acceptors (Lipinski definition) is 5. The van der Waals surface area contributed by atoms with E-state index in [4.69, 9.17) is 5.14 Å². The Morgan fingerprint density at radius 1 is 1.24 bits per heavy atom. The van der Waals surface area contributed by atoms with E-state index in [-0.39, 0.29) is 10.8 Å². The number of carbonyl (C=O) groups excluding carboxylic acids is 1. The summed E-state index contributed by atoms with van der Waals surface area (Å²) in [7, 11) is -3.77. The van der Waals surface area contributed by atoms with Gasteiger partial charge in [-0.2, -0.15) is 0 Å². The van der Waals surface area contributed by atoms with E-state index in [1.54, 1.807) is 19.2 Å².